The summed E-state index contributed by atoms with van der Waals surface area (Å²) in [5.41, 5.74) is 1.16. The number of rotatable bonds is 4. The first-order chi connectivity index (χ1) is 10.1. The van der Waals surface area contributed by atoms with Crippen molar-refractivity contribution in [3.05, 3.63) is 24.2 Å². The molecule has 1 N–H and O–H groups in total. The zero-order chi connectivity index (χ0) is 14.8. The number of hydrogen-bond acceptors (Lipinski definition) is 4. The molecule has 0 saturated carbocycles. The number of hydrogen-bond donors (Lipinski definition) is 1. The predicted octanol–water partition coefficient (Wildman–Crippen LogP) is 1.78. The van der Waals surface area contributed by atoms with Crippen LogP contribution in [0.25, 0.3) is 0 Å². The van der Waals surface area contributed by atoms with Crippen molar-refractivity contribution in [1.29, 1.82) is 0 Å². The van der Waals surface area contributed by atoms with Gasteiger partial charge in [0.2, 0.25) is 5.91 Å². The third kappa shape index (κ3) is 3.30. The standard InChI is InChI=1S/C16H24N2O3/c1-11(2)17-16(19)13-7-15-14(4-6-21-15)18(9-13)8-12-3-5-20-10-12/h3,5,10-11,13-15H,4,6-9H2,1-2H3,(H,17,19)/t13-,14+,15+/m1/s1. The molecule has 0 radical (unpaired) electrons. The number of ether oxygens (including phenoxy) is 1. The van der Waals surface area contributed by atoms with Crippen molar-refractivity contribution >= 4 is 5.91 Å². The molecule has 2 fully saturated rings. The molecule has 1 aromatic rings. The number of carbonyl (C=O) groups is 1. The van der Waals surface area contributed by atoms with Gasteiger partial charge in [-0.05, 0) is 32.8 Å². The van der Waals surface area contributed by atoms with Crippen molar-refractivity contribution in [3.8, 4) is 0 Å². The summed E-state index contributed by atoms with van der Waals surface area (Å²) < 4.78 is 11.0. The normalized spacial score (nSPS) is 29.6. The van der Waals surface area contributed by atoms with Crippen molar-refractivity contribution in [3.63, 3.8) is 0 Å². The van der Waals surface area contributed by atoms with E-state index in [0.717, 1.165) is 38.1 Å². The molecule has 5 nitrogen and oxygen atoms in total. The van der Waals surface area contributed by atoms with E-state index in [0.29, 0.717) is 6.04 Å². The maximum Gasteiger partial charge on any atom is 0.224 e. The van der Waals surface area contributed by atoms with Crippen molar-refractivity contribution in [2.75, 3.05) is 13.2 Å². The van der Waals surface area contributed by atoms with Crippen LogP contribution in [0.2, 0.25) is 0 Å². The Kier molecular flexibility index (Phi) is 4.31. The fourth-order valence-electron chi connectivity index (χ4n) is 3.44. The number of nitrogens with one attached hydrogen (secondary N) is 1. The zero-order valence-corrected chi connectivity index (χ0v) is 12.7. The predicted molar refractivity (Wildman–Crippen MR) is 78.6 cm³/mol. The van der Waals surface area contributed by atoms with Crippen LogP contribution in [-0.2, 0) is 16.1 Å². The summed E-state index contributed by atoms with van der Waals surface area (Å²) in [5.74, 6) is 0.162. The van der Waals surface area contributed by atoms with Crippen LogP contribution in [-0.4, -0.2) is 42.1 Å². The van der Waals surface area contributed by atoms with Gasteiger partial charge in [0.15, 0.2) is 0 Å². The Bertz CT molecular complexity index is 472. The second kappa shape index (κ2) is 6.20. The highest BCUT2D eigenvalue weighted by Crippen LogP contribution is 2.32. The van der Waals surface area contributed by atoms with E-state index < -0.39 is 0 Å². The highest BCUT2D eigenvalue weighted by Gasteiger charge is 2.42. The molecule has 2 aliphatic rings. The first-order valence-electron chi connectivity index (χ1n) is 7.80. The summed E-state index contributed by atoms with van der Waals surface area (Å²) in [6, 6.07) is 2.60. The molecule has 0 bridgehead atoms. The van der Waals surface area contributed by atoms with Gasteiger partial charge in [0, 0.05) is 37.3 Å². The molecule has 21 heavy (non-hydrogen) atoms. The molecule has 0 spiro atoms. The number of furan rings is 1. The average Bonchev–Trinajstić information content (AvgIpc) is 3.08. The van der Waals surface area contributed by atoms with E-state index in [4.69, 9.17) is 9.15 Å². The van der Waals surface area contributed by atoms with Crippen LogP contribution in [0.1, 0.15) is 32.3 Å². The smallest absolute Gasteiger partial charge is 0.224 e. The van der Waals surface area contributed by atoms with Gasteiger partial charge in [-0.3, -0.25) is 9.69 Å². The van der Waals surface area contributed by atoms with Gasteiger partial charge in [-0.1, -0.05) is 0 Å². The molecule has 116 valence electrons. The number of fused-ring (bicyclic) bond motifs is 1. The van der Waals surface area contributed by atoms with Gasteiger partial charge in [0.25, 0.3) is 0 Å². The topological polar surface area (TPSA) is 54.7 Å². The number of nitrogens with zero attached hydrogens (tertiary/aromatic N) is 1. The molecule has 2 saturated heterocycles. The molecule has 0 aliphatic carbocycles. The van der Waals surface area contributed by atoms with Crippen LogP contribution in [0.5, 0.6) is 0 Å². The second-order valence-electron chi connectivity index (χ2n) is 6.42. The minimum absolute atomic E-state index is 0.0126. The summed E-state index contributed by atoms with van der Waals surface area (Å²) in [6.45, 7) is 6.42. The molecule has 3 rings (SSSR count). The second-order valence-corrected chi connectivity index (χ2v) is 6.42. The van der Waals surface area contributed by atoms with Gasteiger partial charge < -0.3 is 14.5 Å². The van der Waals surface area contributed by atoms with Crippen LogP contribution in [0.4, 0.5) is 0 Å². The molecular weight excluding hydrogens is 268 g/mol. The van der Waals surface area contributed by atoms with Gasteiger partial charge in [0.1, 0.15) is 0 Å². The Morgan fingerprint density at radius 1 is 1.52 bits per heavy atom. The van der Waals surface area contributed by atoms with E-state index in [1.54, 1.807) is 12.5 Å². The molecule has 3 heterocycles. The first-order valence-corrected chi connectivity index (χ1v) is 7.80. The molecule has 0 aromatic carbocycles. The molecule has 5 heteroatoms. The highest BCUT2D eigenvalue weighted by atomic mass is 16.5. The van der Waals surface area contributed by atoms with Gasteiger partial charge in [-0.15, -0.1) is 0 Å². The molecule has 2 aliphatic heterocycles. The zero-order valence-electron chi connectivity index (χ0n) is 12.7. The van der Waals surface area contributed by atoms with Crippen molar-refractivity contribution < 1.29 is 13.9 Å². The van der Waals surface area contributed by atoms with Crippen LogP contribution < -0.4 is 5.32 Å². The molecule has 1 amide bonds. The molecule has 0 unspecified atom stereocenters. The lowest BCUT2D eigenvalue weighted by molar-refractivity contribution is -0.130. The van der Waals surface area contributed by atoms with E-state index in [-0.39, 0.29) is 24.0 Å². The van der Waals surface area contributed by atoms with E-state index >= 15 is 0 Å². The van der Waals surface area contributed by atoms with Gasteiger partial charge in [-0.25, -0.2) is 0 Å². The van der Waals surface area contributed by atoms with Crippen molar-refractivity contribution in [1.82, 2.24) is 10.2 Å². The number of amides is 1. The van der Waals surface area contributed by atoms with Crippen LogP contribution in [0.3, 0.4) is 0 Å². The molecular formula is C16H24N2O3. The Labute approximate surface area is 125 Å². The van der Waals surface area contributed by atoms with E-state index in [1.165, 1.54) is 0 Å². The Morgan fingerprint density at radius 2 is 2.38 bits per heavy atom. The number of piperidine rings is 1. The summed E-state index contributed by atoms with van der Waals surface area (Å²) in [4.78, 5) is 14.7. The molecule has 1 aromatic heterocycles. The fraction of sp³-hybridized carbons (Fsp3) is 0.688. The number of carbonyl (C=O) groups excluding carboxylic acids is 1. The van der Waals surface area contributed by atoms with Gasteiger partial charge >= 0.3 is 0 Å². The number of likely N-dealkylation sites (tertiary alicyclic amines) is 1. The van der Waals surface area contributed by atoms with Crippen LogP contribution >= 0.6 is 0 Å². The summed E-state index contributed by atoms with van der Waals surface area (Å²) in [5, 5.41) is 3.03. The Morgan fingerprint density at radius 3 is 3.10 bits per heavy atom. The first kappa shape index (κ1) is 14.6. The maximum absolute atomic E-state index is 12.3. The lowest BCUT2D eigenvalue weighted by atomic mass is 9.89. The monoisotopic (exact) mass is 292 g/mol. The third-order valence-electron chi connectivity index (χ3n) is 4.38. The third-order valence-corrected chi connectivity index (χ3v) is 4.38. The SMILES string of the molecule is CC(C)NC(=O)[C@@H]1C[C@@H]2OCC[C@@H]2N(Cc2ccoc2)C1. The summed E-state index contributed by atoms with van der Waals surface area (Å²) >= 11 is 0. The minimum Gasteiger partial charge on any atom is -0.472 e. The summed E-state index contributed by atoms with van der Waals surface area (Å²) in [7, 11) is 0. The highest BCUT2D eigenvalue weighted by molar-refractivity contribution is 5.79. The minimum atomic E-state index is 0.0126. The molecule has 3 atom stereocenters. The van der Waals surface area contributed by atoms with E-state index in [1.807, 2.05) is 19.9 Å². The van der Waals surface area contributed by atoms with E-state index in [9.17, 15) is 4.79 Å². The van der Waals surface area contributed by atoms with Crippen molar-refractivity contribution in [2.24, 2.45) is 5.92 Å². The maximum atomic E-state index is 12.3. The summed E-state index contributed by atoms with van der Waals surface area (Å²) in [6.07, 6.45) is 5.56. The lowest BCUT2D eigenvalue weighted by Gasteiger charge is -2.40. The largest absolute Gasteiger partial charge is 0.472 e. The lowest BCUT2D eigenvalue weighted by Crippen LogP contribution is -2.53. The van der Waals surface area contributed by atoms with Crippen LogP contribution in [0, 0.1) is 5.92 Å². The van der Waals surface area contributed by atoms with Gasteiger partial charge in [-0.2, -0.15) is 0 Å². The van der Waals surface area contributed by atoms with Gasteiger partial charge in [0.05, 0.1) is 24.5 Å². The Balaban J connectivity index is 1.70. The van der Waals surface area contributed by atoms with Crippen molar-refractivity contribution in [2.45, 2.75) is 51.4 Å². The Hall–Kier alpha value is -1.33. The van der Waals surface area contributed by atoms with E-state index in [2.05, 4.69) is 10.2 Å². The quantitative estimate of drug-likeness (QED) is 0.919. The average molecular weight is 292 g/mol. The van der Waals surface area contributed by atoms with Crippen LogP contribution in [0.15, 0.2) is 23.0 Å². The fourth-order valence-corrected chi connectivity index (χ4v) is 3.44.